The van der Waals surface area contributed by atoms with Crippen molar-refractivity contribution >= 4 is 48.2 Å². The van der Waals surface area contributed by atoms with Crippen molar-refractivity contribution in [2.45, 2.75) is 47.7 Å². The number of rotatable bonds is 13. The van der Waals surface area contributed by atoms with E-state index in [1.165, 1.54) is 12.1 Å². The Morgan fingerprint density at radius 1 is 1.09 bits per heavy atom. The number of esters is 1. The summed E-state index contributed by atoms with van der Waals surface area (Å²) < 4.78 is 37.3. The van der Waals surface area contributed by atoms with E-state index in [1.54, 1.807) is 73.3 Å². The molecule has 0 aliphatic rings. The van der Waals surface area contributed by atoms with Crippen molar-refractivity contribution in [3.63, 3.8) is 0 Å². The number of aromatic nitrogens is 4. The number of carbonyl (C=O) groups excluding carboxylic acids is 3. The van der Waals surface area contributed by atoms with Crippen molar-refractivity contribution in [2.24, 2.45) is 5.41 Å². The van der Waals surface area contributed by atoms with E-state index in [-0.39, 0.29) is 24.3 Å². The van der Waals surface area contributed by atoms with E-state index >= 15 is 0 Å². The largest absolute Gasteiger partial charge is 0.440 e. The molecular weight excluding hydrogens is 603 g/mol. The Kier molecular flexibility index (Phi) is 10.2. The van der Waals surface area contributed by atoms with Gasteiger partial charge in [-0.05, 0) is 76.6 Å². The summed E-state index contributed by atoms with van der Waals surface area (Å²) in [6.07, 6.45) is 0. The normalized spacial score (nSPS) is 12.7. The van der Waals surface area contributed by atoms with Crippen LogP contribution < -0.4 is 10.6 Å². The second-order valence-electron chi connectivity index (χ2n) is 10.9. The molecule has 1 N–H and O–H groups in total. The standard InChI is InChI=1S/C30H33N6O8P/c1-6-36-26(13-20(2)34-36)27(38)33-29-32-24-14-22(15-31)9-12-25(24)35(29)16-21-7-10-23(11-8-21)45(40,43-18-41-17-37)44-19-42-28(39)30(3,4)5/h7-14,17H,6,16,18-19H2,1-5H3,(H,32,33,38). The highest BCUT2D eigenvalue weighted by Gasteiger charge is 2.30. The van der Waals surface area contributed by atoms with Gasteiger partial charge in [-0.15, -0.1) is 0 Å². The fourth-order valence-corrected chi connectivity index (χ4v) is 5.51. The minimum absolute atomic E-state index is 0.124. The zero-order chi connectivity index (χ0) is 32.8. The molecule has 4 rings (SSSR count). The summed E-state index contributed by atoms with van der Waals surface area (Å²) in [5, 5.41) is 16.7. The van der Waals surface area contributed by atoms with E-state index in [0.29, 0.717) is 34.5 Å². The van der Waals surface area contributed by atoms with Gasteiger partial charge in [0.2, 0.25) is 19.5 Å². The summed E-state index contributed by atoms with van der Waals surface area (Å²) in [6.45, 7) is 8.22. The molecule has 0 fully saturated rings. The number of fused-ring (bicyclic) bond motifs is 1. The Labute approximate surface area is 259 Å². The highest BCUT2D eigenvalue weighted by Crippen LogP contribution is 2.47. The lowest BCUT2D eigenvalue weighted by atomic mass is 9.98. The zero-order valence-electron chi connectivity index (χ0n) is 25.5. The van der Waals surface area contributed by atoms with E-state index in [2.05, 4.69) is 26.2 Å². The number of benzene rings is 2. The second-order valence-corrected chi connectivity index (χ2v) is 12.9. The Morgan fingerprint density at radius 2 is 1.80 bits per heavy atom. The molecule has 45 heavy (non-hydrogen) atoms. The topological polar surface area (TPSA) is 177 Å². The summed E-state index contributed by atoms with van der Waals surface area (Å²) in [5.74, 6) is -0.718. The monoisotopic (exact) mass is 636 g/mol. The molecule has 0 radical (unpaired) electrons. The third-order valence-corrected chi connectivity index (χ3v) is 8.34. The molecule has 0 saturated carbocycles. The van der Waals surface area contributed by atoms with Crippen LogP contribution in [0.5, 0.6) is 0 Å². The molecule has 0 aliphatic carbocycles. The molecule has 0 saturated heterocycles. The van der Waals surface area contributed by atoms with Crippen LogP contribution in [0.2, 0.25) is 0 Å². The maximum atomic E-state index is 13.6. The van der Waals surface area contributed by atoms with Crippen molar-refractivity contribution < 1.29 is 37.5 Å². The summed E-state index contributed by atoms with van der Waals surface area (Å²) >= 11 is 0. The van der Waals surface area contributed by atoms with Crippen LogP contribution >= 0.6 is 7.60 Å². The predicted octanol–water partition coefficient (Wildman–Crippen LogP) is 4.26. The number of anilines is 1. The number of imidazole rings is 1. The molecule has 2 aromatic heterocycles. The Hall–Kier alpha value is -4.83. The molecule has 1 atom stereocenters. The SMILES string of the molecule is CCn1nc(C)cc1C(=O)Nc1nc2cc(C#N)ccc2n1Cc1ccc(P(=O)(OCOC=O)OCOC(=O)C(C)(C)C)cc1. The van der Waals surface area contributed by atoms with Crippen LogP contribution in [-0.2, 0) is 45.8 Å². The number of hydrogen-bond donors (Lipinski definition) is 1. The lowest BCUT2D eigenvalue weighted by Crippen LogP contribution is -2.24. The van der Waals surface area contributed by atoms with E-state index in [0.717, 1.165) is 5.56 Å². The fraction of sp³-hybridized carbons (Fsp3) is 0.333. The average molecular weight is 637 g/mol. The number of ether oxygens (including phenoxy) is 2. The predicted molar refractivity (Wildman–Crippen MR) is 162 cm³/mol. The zero-order valence-corrected chi connectivity index (χ0v) is 26.4. The molecule has 0 bridgehead atoms. The van der Waals surface area contributed by atoms with Gasteiger partial charge >= 0.3 is 13.6 Å². The highest BCUT2D eigenvalue weighted by atomic mass is 31.2. The van der Waals surface area contributed by atoms with Crippen LogP contribution in [0.25, 0.3) is 11.0 Å². The summed E-state index contributed by atoms with van der Waals surface area (Å²) in [7, 11) is -4.09. The van der Waals surface area contributed by atoms with Gasteiger partial charge in [0, 0.05) is 6.54 Å². The number of amides is 1. The average Bonchev–Trinajstić information content (AvgIpc) is 3.55. The third-order valence-electron chi connectivity index (χ3n) is 6.51. The molecule has 4 aromatic rings. The second kappa shape index (κ2) is 13.9. The number of carbonyl (C=O) groups is 3. The van der Waals surface area contributed by atoms with Gasteiger partial charge in [0.15, 0.2) is 0 Å². The molecule has 14 nitrogen and oxygen atoms in total. The van der Waals surface area contributed by atoms with Crippen LogP contribution in [0.15, 0.2) is 48.5 Å². The van der Waals surface area contributed by atoms with Gasteiger partial charge in [-0.2, -0.15) is 10.4 Å². The molecule has 0 aliphatic heterocycles. The van der Waals surface area contributed by atoms with Gasteiger partial charge in [-0.25, -0.2) is 4.98 Å². The van der Waals surface area contributed by atoms with Crippen LogP contribution in [0.1, 0.15) is 55.0 Å². The lowest BCUT2D eigenvalue weighted by Gasteiger charge is -2.20. The fourth-order valence-electron chi connectivity index (χ4n) is 4.24. The summed E-state index contributed by atoms with van der Waals surface area (Å²) in [4.78, 5) is 40.6. The van der Waals surface area contributed by atoms with Crippen molar-refractivity contribution in [1.82, 2.24) is 19.3 Å². The molecule has 0 spiro atoms. The lowest BCUT2D eigenvalue weighted by molar-refractivity contribution is -0.160. The Bertz CT molecular complexity index is 1800. The molecule has 2 aromatic carbocycles. The van der Waals surface area contributed by atoms with Gasteiger partial charge in [-0.1, -0.05) is 12.1 Å². The minimum Gasteiger partial charge on any atom is -0.440 e. The van der Waals surface area contributed by atoms with Crippen molar-refractivity contribution in [1.29, 1.82) is 5.26 Å². The Morgan fingerprint density at radius 3 is 2.44 bits per heavy atom. The van der Waals surface area contributed by atoms with Gasteiger partial charge < -0.3 is 14.0 Å². The first-order valence-electron chi connectivity index (χ1n) is 13.9. The summed E-state index contributed by atoms with van der Waals surface area (Å²) in [6, 6.07) is 15.2. The van der Waals surface area contributed by atoms with Crippen LogP contribution in [0.4, 0.5) is 5.95 Å². The molecule has 15 heteroatoms. The van der Waals surface area contributed by atoms with Crippen LogP contribution in [0.3, 0.4) is 0 Å². The van der Waals surface area contributed by atoms with Gasteiger partial charge in [-0.3, -0.25) is 38.0 Å². The number of hydrogen-bond acceptors (Lipinski definition) is 11. The van der Waals surface area contributed by atoms with E-state index in [4.69, 9.17) is 13.8 Å². The quantitative estimate of drug-likeness (QED) is 0.0729. The van der Waals surface area contributed by atoms with E-state index in [1.807, 2.05) is 6.92 Å². The number of nitrogens with one attached hydrogen (secondary N) is 1. The first kappa shape index (κ1) is 33.1. The first-order valence-corrected chi connectivity index (χ1v) is 15.4. The number of aryl methyl sites for hydroxylation is 2. The molecule has 236 valence electrons. The third kappa shape index (κ3) is 7.82. The minimum atomic E-state index is -4.09. The number of nitriles is 1. The maximum Gasteiger partial charge on any atom is 0.367 e. The first-order chi connectivity index (χ1) is 21.4. The molecule has 1 unspecified atom stereocenters. The molecule has 2 heterocycles. The number of nitrogens with zero attached hydrogens (tertiary/aromatic N) is 5. The van der Waals surface area contributed by atoms with Gasteiger partial charge in [0.25, 0.3) is 12.4 Å². The van der Waals surface area contributed by atoms with Crippen molar-refractivity contribution in [2.75, 3.05) is 18.9 Å². The summed E-state index contributed by atoms with van der Waals surface area (Å²) in [5.41, 5.74) is 2.57. The van der Waals surface area contributed by atoms with Crippen LogP contribution in [0, 0.1) is 23.7 Å². The Balaban J connectivity index is 1.62. The van der Waals surface area contributed by atoms with Crippen molar-refractivity contribution in [3.8, 4) is 6.07 Å². The van der Waals surface area contributed by atoms with E-state index < -0.39 is 38.5 Å². The molecule has 1 amide bonds. The van der Waals surface area contributed by atoms with Gasteiger partial charge in [0.05, 0.1) is 45.6 Å². The highest BCUT2D eigenvalue weighted by molar-refractivity contribution is 7.62. The molecular formula is C30H33N6O8P. The van der Waals surface area contributed by atoms with Crippen molar-refractivity contribution in [3.05, 3.63) is 71.0 Å². The van der Waals surface area contributed by atoms with Crippen LogP contribution in [-0.4, -0.2) is 51.3 Å². The maximum absolute atomic E-state index is 13.6. The van der Waals surface area contributed by atoms with Gasteiger partial charge in [0.1, 0.15) is 5.69 Å². The van der Waals surface area contributed by atoms with E-state index in [9.17, 15) is 24.2 Å². The smallest absolute Gasteiger partial charge is 0.367 e.